The Bertz CT molecular complexity index is 525. The maximum Gasteiger partial charge on any atom is 0.127 e. The van der Waals surface area contributed by atoms with Crippen molar-refractivity contribution in [2.24, 2.45) is 5.92 Å². The van der Waals surface area contributed by atoms with Gasteiger partial charge in [-0.25, -0.2) is 4.39 Å². The Morgan fingerprint density at radius 1 is 1.32 bits per heavy atom. The number of hydrogen-bond acceptors (Lipinski definition) is 2. The molecular weight excluding hydrogens is 325 g/mol. The Balaban J connectivity index is 2.09. The Morgan fingerprint density at radius 3 is 2.74 bits per heavy atom. The monoisotopic (exact) mass is 341 g/mol. The first-order chi connectivity index (χ1) is 9.08. The molecule has 1 unspecified atom stereocenters. The zero-order chi connectivity index (χ0) is 13.8. The zero-order valence-corrected chi connectivity index (χ0v) is 13.4. The van der Waals surface area contributed by atoms with Crippen LogP contribution < -0.4 is 5.32 Å². The van der Waals surface area contributed by atoms with E-state index in [-0.39, 0.29) is 11.9 Å². The molecule has 0 bridgehead atoms. The smallest absolute Gasteiger partial charge is 0.127 e. The number of thiophene rings is 1. The topological polar surface area (TPSA) is 12.0 Å². The maximum absolute atomic E-state index is 13.7. The standard InChI is InChI=1S/C15H17BrFNS/c1-10(2)15(14-4-3-7-19-14)18-9-11-8-12(16)5-6-13(11)17/h3-8,10,15,18H,9H2,1-2H3. The van der Waals surface area contributed by atoms with Gasteiger partial charge in [0, 0.05) is 27.5 Å². The van der Waals surface area contributed by atoms with Crippen molar-refractivity contribution in [3.63, 3.8) is 0 Å². The van der Waals surface area contributed by atoms with Crippen molar-refractivity contribution in [1.82, 2.24) is 5.32 Å². The highest BCUT2D eigenvalue weighted by atomic mass is 79.9. The predicted molar refractivity (Wildman–Crippen MR) is 82.8 cm³/mol. The summed E-state index contributed by atoms with van der Waals surface area (Å²) in [7, 11) is 0. The van der Waals surface area contributed by atoms with E-state index in [0.717, 1.165) is 4.47 Å². The van der Waals surface area contributed by atoms with Gasteiger partial charge in [-0.1, -0.05) is 35.8 Å². The Morgan fingerprint density at radius 2 is 2.11 bits per heavy atom. The molecule has 0 saturated heterocycles. The van der Waals surface area contributed by atoms with Crippen LogP contribution in [0.2, 0.25) is 0 Å². The first-order valence-electron chi connectivity index (χ1n) is 6.28. The third kappa shape index (κ3) is 3.88. The zero-order valence-electron chi connectivity index (χ0n) is 11.0. The molecule has 1 N–H and O–H groups in total. The third-order valence-corrected chi connectivity index (χ3v) is 4.49. The van der Waals surface area contributed by atoms with Gasteiger partial charge in [0.2, 0.25) is 0 Å². The van der Waals surface area contributed by atoms with Crippen molar-refractivity contribution in [2.75, 3.05) is 0 Å². The van der Waals surface area contributed by atoms with Crippen LogP contribution in [0.1, 0.15) is 30.3 Å². The lowest BCUT2D eigenvalue weighted by Crippen LogP contribution is -2.25. The van der Waals surface area contributed by atoms with E-state index in [4.69, 9.17) is 0 Å². The number of nitrogens with one attached hydrogen (secondary N) is 1. The molecule has 0 radical (unpaired) electrons. The van der Waals surface area contributed by atoms with Gasteiger partial charge in [-0.3, -0.25) is 0 Å². The van der Waals surface area contributed by atoms with E-state index in [2.05, 4.69) is 52.6 Å². The van der Waals surface area contributed by atoms with Gasteiger partial charge < -0.3 is 5.32 Å². The van der Waals surface area contributed by atoms with E-state index in [0.29, 0.717) is 18.0 Å². The summed E-state index contributed by atoms with van der Waals surface area (Å²) in [5, 5.41) is 5.53. The molecule has 1 aromatic carbocycles. The van der Waals surface area contributed by atoms with Gasteiger partial charge in [0.15, 0.2) is 0 Å². The van der Waals surface area contributed by atoms with Crippen LogP contribution in [0, 0.1) is 11.7 Å². The number of halogens is 2. The average molecular weight is 342 g/mol. The molecule has 0 saturated carbocycles. The summed E-state index contributed by atoms with van der Waals surface area (Å²) in [4.78, 5) is 1.30. The molecule has 102 valence electrons. The molecule has 4 heteroatoms. The van der Waals surface area contributed by atoms with Crippen LogP contribution in [0.15, 0.2) is 40.2 Å². The highest BCUT2D eigenvalue weighted by molar-refractivity contribution is 9.10. The lowest BCUT2D eigenvalue weighted by atomic mass is 10.0. The van der Waals surface area contributed by atoms with Crippen molar-refractivity contribution in [3.05, 3.63) is 56.4 Å². The Kier molecular flexibility index (Phi) is 5.13. The molecule has 1 nitrogen and oxygen atoms in total. The van der Waals surface area contributed by atoms with Crippen molar-refractivity contribution < 1.29 is 4.39 Å². The molecule has 0 spiro atoms. The Labute approximate surface area is 126 Å². The molecule has 1 aromatic heterocycles. The molecule has 1 heterocycles. The largest absolute Gasteiger partial charge is 0.305 e. The van der Waals surface area contributed by atoms with Crippen LogP contribution in [0.3, 0.4) is 0 Å². The van der Waals surface area contributed by atoms with Crippen LogP contribution in [0.5, 0.6) is 0 Å². The summed E-state index contributed by atoms with van der Waals surface area (Å²) in [6.07, 6.45) is 0. The van der Waals surface area contributed by atoms with Crippen LogP contribution in [0.25, 0.3) is 0 Å². The molecule has 2 rings (SSSR count). The molecule has 0 aliphatic heterocycles. The number of hydrogen-bond donors (Lipinski definition) is 1. The van der Waals surface area contributed by atoms with Crippen molar-refractivity contribution in [1.29, 1.82) is 0 Å². The summed E-state index contributed by atoms with van der Waals surface area (Å²) in [6, 6.07) is 9.48. The Hall–Kier alpha value is -0.710. The summed E-state index contributed by atoms with van der Waals surface area (Å²) < 4.78 is 14.6. The fourth-order valence-electron chi connectivity index (χ4n) is 2.03. The highest BCUT2D eigenvalue weighted by Gasteiger charge is 2.16. The van der Waals surface area contributed by atoms with Crippen LogP contribution in [-0.2, 0) is 6.54 Å². The molecule has 0 aliphatic carbocycles. The fourth-order valence-corrected chi connectivity index (χ4v) is 3.41. The van der Waals surface area contributed by atoms with Crippen LogP contribution in [-0.4, -0.2) is 0 Å². The number of rotatable bonds is 5. The van der Waals surface area contributed by atoms with Gasteiger partial charge in [-0.15, -0.1) is 11.3 Å². The van der Waals surface area contributed by atoms with Crippen LogP contribution >= 0.6 is 27.3 Å². The van der Waals surface area contributed by atoms with Gasteiger partial charge in [0.25, 0.3) is 0 Å². The molecular formula is C15H17BrFNS. The minimum atomic E-state index is -0.163. The quantitative estimate of drug-likeness (QED) is 0.794. The minimum absolute atomic E-state index is 0.163. The van der Waals surface area contributed by atoms with E-state index in [1.54, 1.807) is 17.4 Å². The highest BCUT2D eigenvalue weighted by Crippen LogP contribution is 2.26. The van der Waals surface area contributed by atoms with Crippen LogP contribution in [0.4, 0.5) is 4.39 Å². The van der Waals surface area contributed by atoms with Crippen molar-refractivity contribution in [2.45, 2.75) is 26.4 Å². The predicted octanol–water partition coefficient (Wildman–Crippen LogP) is 5.14. The first-order valence-corrected chi connectivity index (χ1v) is 7.96. The van der Waals surface area contributed by atoms with E-state index in [1.807, 2.05) is 6.07 Å². The third-order valence-electron chi connectivity index (χ3n) is 3.04. The summed E-state index contributed by atoms with van der Waals surface area (Å²) in [6.45, 7) is 4.88. The van der Waals surface area contributed by atoms with E-state index in [9.17, 15) is 4.39 Å². The SMILES string of the molecule is CC(C)C(NCc1cc(Br)ccc1F)c1cccs1. The van der Waals surface area contributed by atoms with Gasteiger partial charge in [-0.2, -0.15) is 0 Å². The second-order valence-corrected chi connectivity index (χ2v) is 6.75. The summed E-state index contributed by atoms with van der Waals surface area (Å²) >= 11 is 5.11. The van der Waals surface area contributed by atoms with Gasteiger partial charge >= 0.3 is 0 Å². The van der Waals surface area contributed by atoms with Gasteiger partial charge in [-0.05, 0) is 35.6 Å². The average Bonchev–Trinajstić information content (AvgIpc) is 2.87. The second-order valence-electron chi connectivity index (χ2n) is 4.85. The molecule has 1 atom stereocenters. The molecule has 2 aromatic rings. The van der Waals surface area contributed by atoms with Gasteiger partial charge in [0.1, 0.15) is 5.82 Å². The molecule has 0 amide bonds. The lowest BCUT2D eigenvalue weighted by molar-refractivity contribution is 0.412. The van der Waals surface area contributed by atoms with Crippen molar-refractivity contribution >= 4 is 27.3 Å². The summed E-state index contributed by atoms with van der Waals surface area (Å²) in [5.41, 5.74) is 0.691. The summed E-state index contributed by atoms with van der Waals surface area (Å²) in [5.74, 6) is 0.304. The minimum Gasteiger partial charge on any atom is -0.305 e. The van der Waals surface area contributed by atoms with E-state index < -0.39 is 0 Å². The second kappa shape index (κ2) is 6.64. The van der Waals surface area contributed by atoms with E-state index >= 15 is 0 Å². The van der Waals surface area contributed by atoms with E-state index in [1.165, 1.54) is 10.9 Å². The number of benzene rings is 1. The maximum atomic E-state index is 13.7. The van der Waals surface area contributed by atoms with Crippen molar-refractivity contribution in [3.8, 4) is 0 Å². The lowest BCUT2D eigenvalue weighted by Gasteiger charge is -2.21. The van der Waals surface area contributed by atoms with Gasteiger partial charge in [0.05, 0.1) is 0 Å². The molecule has 0 fully saturated rings. The first kappa shape index (κ1) is 14.7. The fraction of sp³-hybridized carbons (Fsp3) is 0.333. The molecule has 0 aliphatic rings. The normalized spacial score (nSPS) is 12.9. The molecule has 19 heavy (non-hydrogen) atoms.